The molecule has 1 aromatic carbocycles. The maximum atomic E-state index is 13.3. The van der Waals surface area contributed by atoms with Gasteiger partial charge in [-0.05, 0) is 24.3 Å². The molecule has 1 heterocycles. The van der Waals surface area contributed by atoms with Gasteiger partial charge < -0.3 is 9.84 Å². The summed E-state index contributed by atoms with van der Waals surface area (Å²) in [5.74, 6) is -3.48. The zero-order chi connectivity index (χ0) is 13.1. The van der Waals surface area contributed by atoms with E-state index >= 15 is 0 Å². The predicted octanol–water partition coefficient (Wildman–Crippen LogP) is 2.85. The fraction of sp³-hybridized carbons (Fsp3) is 0. The van der Waals surface area contributed by atoms with Gasteiger partial charge in [0, 0.05) is 12.3 Å². The van der Waals surface area contributed by atoms with Crippen LogP contribution in [0.1, 0.15) is 10.4 Å². The average Bonchev–Trinajstić information content (AvgIpc) is 2.32. The molecule has 18 heavy (non-hydrogen) atoms. The molecule has 92 valence electrons. The van der Waals surface area contributed by atoms with Crippen molar-refractivity contribution in [1.82, 2.24) is 4.98 Å². The Kier molecular flexibility index (Phi) is 3.18. The summed E-state index contributed by atoms with van der Waals surface area (Å²) in [5, 5.41) is 8.89. The van der Waals surface area contributed by atoms with Crippen molar-refractivity contribution in [1.29, 1.82) is 0 Å². The van der Waals surface area contributed by atoms with Crippen LogP contribution >= 0.6 is 0 Å². The van der Waals surface area contributed by atoms with Gasteiger partial charge in [0.2, 0.25) is 0 Å². The van der Waals surface area contributed by atoms with Crippen LogP contribution in [-0.2, 0) is 0 Å². The molecule has 0 spiro atoms. The highest BCUT2D eigenvalue weighted by molar-refractivity contribution is 5.90. The molecule has 0 fully saturated rings. The average molecular weight is 251 g/mol. The van der Waals surface area contributed by atoms with Gasteiger partial charge in [0.05, 0.1) is 0 Å². The standard InChI is InChI=1S/C12H7F2NO3/c13-7-3-4-8(12(16)17)10(6-7)18-11-9(14)2-1-5-15-11/h1-6H,(H,16,17). The summed E-state index contributed by atoms with van der Waals surface area (Å²) in [5.41, 5.74) is -0.276. The zero-order valence-corrected chi connectivity index (χ0v) is 8.93. The molecule has 0 amide bonds. The lowest BCUT2D eigenvalue weighted by molar-refractivity contribution is 0.0694. The Morgan fingerprint density at radius 1 is 1.28 bits per heavy atom. The Bertz CT molecular complexity index is 602. The number of carbonyl (C=O) groups is 1. The molecule has 0 unspecified atom stereocenters. The van der Waals surface area contributed by atoms with Crippen LogP contribution in [0, 0.1) is 11.6 Å². The number of nitrogens with zero attached hydrogens (tertiary/aromatic N) is 1. The summed E-state index contributed by atoms with van der Waals surface area (Å²) in [7, 11) is 0. The summed E-state index contributed by atoms with van der Waals surface area (Å²) in [4.78, 5) is 14.5. The summed E-state index contributed by atoms with van der Waals surface area (Å²) < 4.78 is 31.3. The van der Waals surface area contributed by atoms with Crippen molar-refractivity contribution >= 4 is 5.97 Å². The van der Waals surface area contributed by atoms with Crippen LogP contribution in [0.4, 0.5) is 8.78 Å². The van der Waals surface area contributed by atoms with E-state index < -0.39 is 23.5 Å². The second-order valence-corrected chi connectivity index (χ2v) is 3.34. The molecule has 6 heteroatoms. The van der Waals surface area contributed by atoms with Crippen molar-refractivity contribution in [2.24, 2.45) is 0 Å². The first-order valence-corrected chi connectivity index (χ1v) is 4.89. The molecular formula is C12H7F2NO3. The number of hydrogen-bond acceptors (Lipinski definition) is 3. The van der Waals surface area contributed by atoms with Gasteiger partial charge in [-0.25, -0.2) is 18.6 Å². The number of benzene rings is 1. The van der Waals surface area contributed by atoms with E-state index in [1.165, 1.54) is 12.3 Å². The number of aromatic nitrogens is 1. The third kappa shape index (κ3) is 2.42. The molecule has 2 rings (SSSR count). The molecule has 0 radical (unpaired) electrons. The molecular weight excluding hydrogens is 244 g/mol. The number of rotatable bonds is 3. The Balaban J connectivity index is 2.42. The van der Waals surface area contributed by atoms with Crippen molar-refractivity contribution in [2.75, 3.05) is 0 Å². The van der Waals surface area contributed by atoms with Gasteiger partial charge in [0.15, 0.2) is 5.82 Å². The molecule has 0 saturated carbocycles. The van der Waals surface area contributed by atoms with Gasteiger partial charge in [-0.1, -0.05) is 0 Å². The van der Waals surface area contributed by atoms with E-state index in [2.05, 4.69) is 4.98 Å². The van der Waals surface area contributed by atoms with E-state index in [0.29, 0.717) is 0 Å². The fourth-order valence-electron chi connectivity index (χ4n) is 1.31. The molecule has 0 saturated heterocycles. The molecule has 4 nitrogen and oxygen atoms in total. The second-order valence-electron chi connectivity index (χ2n) is 3.34. The normalized spacial score (nSPS) is 10.1. The number of carboxylic acids is 1. The highest BCUT2D eigenvalue weighted by Gasteiger charge is 2.15. The fourth-order valence-corrected chi connectivity index (χ4v) is 1.31. The molecule has 1 aromatic heterocycles. The van der Waals surface area contributed by atoms with Gasteiger partial charge in [0.25, 0.3) is 5.88 Å². The first kappa shape index (κ1) is 12.0. The minimum atomic E-state index is -1.30. The Labute approximate surface area is 100 Å². The van der Waals surface area contributed by atoms with Crippen LogP contribution in [0.25, 0.3) is 0 Å². The third-order valence-corrected chi connectivity index (χ3v) is 2.11. The Morgan fingerprint density at radius 3 is 2.72 bits per heavy atom. The zero-order valence-electron chi connectivity index (χ0n) is 8.93. The predicted molar refractivity (Wildman–Crippen MR) is 57.6 cm³/mol. The maximum Gasteiger partial charge on any atom is 0.339 e. The largest absolute Gasteiger partial charge is 0.478 e. The van der Waals surface area contributed by atoms with E-state index in [0.717, 1.165) is 24.3 Å². The highest BCUT2D eigenvalue weighted by Crippen LogP contribution is 2.26. The minimum absolute atomic E-state index is 0.276. The monoisotopic (exact) mass is 251 g/mol. The summed E-state index contributed by atoms with van der Waals surface area (Å²) in [6.07, 6.45) is 1.28. The molecule has 0 aliphatic rings. The van der Waals surface area contributed by atoms with Crippen molar-refractivity contribution in [3.05, 3.63) is 53.7 Å². The number of ether oxygens (including phenoxy) is 1. The number of carboxylic acid groups (broad SMARTS) is 1. The molecule has 1 N–H and O–H groups in total. The lowest BCUT2D eigenvalue weighted by atomic mass is 10.2. The van der Waals surface area contributed by atoms with Gasteiger partial charge in [-0.3, -0.25) is 0 Å². The van der Waals surface area contributed by atoms with Crippen LogP contribution < -0.4 is 4.74 Å². The third-order valence-electron chi connectivity index (χ3n) is 2.11. The first-order valence-electron chi connectivity index (χ1n) is 4.89. The quantitative estimate of drug-likeness (QED) is 0.911. The molecule has 0 aliphatic heterocycles. The lowest BCUT2D eigenvalue weighted by Gasteiger charge is -2.08. The van der Waals surface area contributed by atoms with Gasteiger partial charge >= 0.3 is 5.97 Å². The Hall–Kier alpha value is -2.50. The van der Waals surface area contributed by atoms with E-state index in [1.54, 1.807) is 0 Å². The van der Waals surface area contributed by atoms with Gasteiger partial charge in [-0.15, -0.1) is 0 Å². The van der Waals surface area contributed by atoms with Crippen LogP contribution in [0.5, 0.6) is 11.6 Å². The van der Waals surface area contributed by atoms with Crippen molar-refractivity contribution in [3.63, 3.8) is 0 Å². The van der Waals surface area contributed by atoms with E-state index in [9.17, 15) is 13.6 Å². The summed E-state index contributed by atoms with van der Waals surface area (Å²) in [6, 6.07) is 5.32. The SMILES string of the molecule is O=C(O)c1ccc(F)cc1Oc1ncccc1F. The molecule has 0 bridgehead atoms. The summed E-state index contributed by atoms with van der Waals surface area (Å²) >= 11 is 0. The smallest absolute Gasteiger partial charge is 0.339 e. The van der Waals surface area contributed by atoms with Crippen LogP contribution in [-0.4, -0.2) is 16.1 Å². The van der Waals surface area contributed by atoms with E-state index in [-0.39, 0.29) is 11.3 Å². The number of pyridine rings is 1. The van der Waals surface area contributed by atoms with Crippen LogP contribution in [0.3, 0.4) is 0 Å². The molecule has 0 atom stereocenters. The van der Waals surface area contributed by atoms with Crippen LogP contribution in [0.15, 0.2) is 36.5 Å². The first-order chi connectivity index (χ1) is 8.58. The number of aromatic carboxylic acids is 1. The Morgan fingerprint density at radius 2 is 2.06 bits per heavy atom. The lowest BCUT2D eigenvalue weighted by Crippen LogP contribution is -2.02. The topological polar surface area (TPSA) is 59.4 Å². The van der Waals surface area contributed by atoms with E-state index in [4.69, 9.17) is 9.84 Å². The molecule has 0 aliphatic carbocycles. The van der Waals surface area contributed by atoms with Gasteiger partial charge in [-0.2, -0.15) is 0 Å². The summed E-state index contributed by atoms with van der Waals surface area (Å²) in [6.45, 7) is 0. The van der Waals surface area contributed by atoms with Crippen molar-refractivity contribution in [3.8, 4) is 11.6 Å². The maximum absolute atomic E-state index is 13.3. The number of hydrogen-bond donors (Lipinski definition) is 1. The van der Waals surface area contributed by atoms with Crippen molar-refractivity contribution in [2.45, 2.75) is 0 Å². The van der Waals surface area contributed by atoms with Crippen molar-refractivity contribution < 1.29 is 23.4 Å². The number of halogens is 2. The van der Waals surface area contributed by atoms with E-state index in [1.807, 2.05) is 0 Å². The van der Waals surface area contributed by atoms with Gasteiger partial charge in [0.1, 0.15) is 17.1 Å². The molecule has 2 aromatic rings. The second kappa shape index (κ2) is 4.79. The van der Waals surface area contributed by atoms with Crippen LogP contribution in [0.2, 0.25) is 0 Å². The highest BCUT2D eigenvalue weighted by atomic mass is 19.1. The minimum Gasteiger partial charge on any atom is -0.478 e.